The van der Waals surface area contributed by atoms with Gasteiger partial charge in [0, 0.05) is 0 Å². The third-order valence-electron chi connectivity index (χ3n) is 2.89. The highest BCUT2D eigenvalue weighted by molar-refractivity contribution is 4.81. The molecule has 0 spiro atoms. The van der Waals surface area contributed by atoms with Gasteiger partial charge < -0.3 is 5.73 Å². The van der Waals surface area contributed by atoms with Crippen molar-refractivity contribution in [1.29, 1.82) is 0 Å². The summed E-state index contributed by atoms with van der Waals surface area (Å²) < 4.78 is 0. The van der Waals surface area contributed by atoms with Crippen LogP contribution in [0.15, 0.2) is 12.4 Å². The Labute approximate surface area is 78.1 Å². The van der Waals surface area contributed by atoms with E-state index in [1.54, 1.807) is 12.4 Å². The number of hydrogen-bond donors (Lipinski definition) is 1. The third kappa shape index (κ3) is 1.72. The second-order valence-corrected chi connectivity index (χ2v) is 3.69. The van der Waals surface area contributed by atoms with Crippen LogP contribution < -0.4 is 5.73 Å². The lowest BCUT2D eigenvalue weighted by atomic mass is 10.0. The van der Waals surface area contributed by atoms with E-state index in [-0.39, 0.29) is 0 Å². The van der Waals surface area contributed by atoms with Crippen molar-refractivity contribution in [3.8, 4) is 0 Å². The van der Waals surface area contributed by atoms with Gasteiger partial charge in [0.25, 0.3) is 0 Å². The number of nitrogens with zero attached hydrogens (tertiary/aromatic N) is 3. The predicted octanol–water partition coefficient (Wildman–Crippen LogP) is 0.968. The summed E-state index contributed by atoms with van der Waals surface area (Å²) in [5.41, 5.74) is 5.57. The monoisotopic (exact) mass is 180 g/mol. The minimum Gasteiger partial charge on any atom is -0.330 e. The zero-order valence-corrected chi connectivity index (χ0v) is 7.76. The van der Waals surface area contributed by atoms with Gasteiger partial charge >= 0.3 is 0 Å². The molecule has 2 N–H and O–H groups in total. The van der Waals surface area contributed by atoms with E-state index in [0.29, 0.717) is 12.0 Å². The Bertz CT molecular complexity index is 244. The fourth-order valence-corrected chi connectivity index (χ4v) is 2.27. The van der Waals surface area contributed by atoms with Crippen molar-refractivity contribution >= 4 is 0 Å². The van der Waals surface area contributed by atoms with E-state index in [9.17, 15) is 0 Å². The van der Waals surface area contributed by atoms with Gasteiger partial charge in [-0.2, -0.15) is 15.0 Å². The second-order valence-electron chi connectivity index (χ2n) is 3.69. The van der Waals surface area contributed by atoms with Crippen LogP contribution in [0.2, 0.25) is 0 Å². The molecule has 0 aromatic carbocycles. The molecule has 72 valence electrons. The van der Waals surface area contributed by atoms with Crippen LogP contribution >= 0.6 is 0 Å². The van der Waals surface area contributed by atoms with Crippen LogP contribution in [0.4, 0.5) is 0 Å². The fraction of sp³-hybridized carbons (Fsp3) is 0.778. The molecule has 1 aromatic rings. The topological polar surface area (TPSA) is 56.7 Å². The van der Waals surface area contributed by atoms with Gasteiger partial charge in [-0.05, 0) is 31.7 Å². The van der Waals surface area contributed by atoms with Crippen molar-refractivity contribution in [2.75, 3.05) is 6.54 Å². The Balaban J connectivity index is 2.05. The molecule has 2 unspecified atom stereocenters. The van der Waals surface area contributed by atoms with Gasteiger partial charge in [-0.15, -0.1) is 0 Å². The molecular weight excluding hydrogens is 164 g/mol. The van der Waals surface area contributed by atoms with Crippen molar-refractivity contribution in [3.05, 3.63) is 12.4 Å². The lowest BCUT2D eigenvalue weighted by molar-refractivity contribution is 0.307. The zero-order valence-electron chi connectivity index (χ0n) is 7.76. The molecule has 1 aliphatic carbocycles. The molecule has 1 saturated carbocycles. The van der Waals surface area contributed by atoms with Crippen LogP contribution in [-0.4, -0.2) is 21.5 Å². The Morgan fingerprint density at radius 1 is 1.31 bits per heavy atom. The smallest absolute Gasteiger partial charge is 0.0745 e. The molecule has 0 saturated heterocycles. The van der Waals surface area contributed by atoms with Crippen LogP contribution in [0.3, 0.4) is 0 Å². The van der Waals surface area contributed by atoms with Crippen LogP contribution in [-0.2, 0) is 0 Å². The first-order chi connectivity index (χ1) is 6.42. The maximum atomic E-state index is 5.57. The summed E-state index contributed by atoms with van der Waals surface area (Å²) in [6, 6.07) is 0.499. The van der Waals surface area contributed by atoms with E-state index in [1.165, 1.54) is 19.3 Å². The highest BCUT2D eigenvalue weighted by atomic mass is 15.5. The first kappa shape index (κ1) is 8.69. The van der Waals surface area contributed by atoms with Gasteiger partial charge in [0.2, 0.25) is 0 Å². The lowest BCUT2D eigenvalue weighted by Gasteiger charge is -2.17. The summed E-state index contributed by atoms with van der Waals surface area (Å²) in [6.07, 6.45) is 8.38. The number of nitrogens with two attached hydrogens (primary N) is 1. The zero-order chi connectivity index (χ0) is 9.10. The Morgan fingerprint density at radius 2 is 2.08 bits per heavy atom. The van der Waals surface area contributed by atoms with Crippen molar-refractivity contribution < 1.29 is 0 Å². The van der Waals surface area contributed by atoms with E-state index in [0.717, 1.165) is 13.0 Å². The van der Waals surface area contributed by atoms with Crippen LogP contribution in [0, 0.1) is 5.92 Å². The maximum Gasteiger partial charge on any atom is 0.0745 e. The van der Waals surface area contributed by atoms with Gasteiger partial charge in [0.15, 0.2) is 0 Å². The highest BCUT2D eigenvalue weighted by Crippen LogP contribution is 2.36. The quantitative estimate of drug-likeness (QED) is 0.754. The molecule has 0 amide bonds. The molecule has 1 aromatic heterocycles. The molecule has 0 aliphatic heterocycles. The Kier molecular flexibility index (Phi) is 2.59. The molecule has 4 heteroatoms. The van der Waals surface area contributed by atoms with Gasteiger partial charge in [0.1, 0.15) is 0 Å². The third-order valence-corrected chi connectivity index (χ3v) is 2.89. The average molecular weight is 180 g/mol. The molecule has 1 aliphatic rings. The largest absolute Gasteiger partial charge is 0.330 e. The van der Waals surface area contributed by atoms with E-state index >= 15 is 0 Å². The van der Waals surface area contributed by atoms with Crippen molar-refractivity contribution in [2.24, 2.45) is 11.7 Å². The molecular formula is C9H16N4. The van der Waals surface area contributed by atoms with Crippen LogP contribution in [0.1, 0.15) is 31.7 Å². The lowest BCUT2D eigenvalue weighted by Crippen LogP contribution is -2.19. The summed E-state index contributed by atoms with van der Waals surface area (Å²) in [6.45, 7) is 0.780. The number of hydrogen-bond acceptors (Lipinski definition) is 3. The van der Waals surface area contributed by atoms with E-state index in [4.69, 9.17) is 5.73 Å². The molecule has 1 fully saturated rings. The maximum absolute atomic E-state index is 5.57. The average Bonchev–Trinajstić information content (AvgIpc) is 2.71. The summed E-state index contributed by atoms with van der Waals surface area (Å²) in [5.74, 6) is 0.692. The van der Waals surface area contributed by atoms with Gasteiger partial charge in [-0.1, -0.05) is 6.42 Å². The van der Waals surface area contributed by atoms with E-state index in [2.05, 4.69) is 10.2 Å². The number of rotatable bonds is 3. The summed E-state index contributed by atoms with van der Waals surface area (Å²) in [7, 11) is 0. The molecule has 0 bridgehead atoms. The molecule has 1 heterocycles. The van der Waals surface area contributed by atoms with Gasteiger partial charge in [0.05, 0.1) is 18.4 Å². The van der Waals surface area contributed by atoms with Gasteiger partial charge in [-0.25, -0.2) is 0 Å². The van der Waals surface area contributed by atoms with Crippen molar-refractivity contribution in [2.45, 2.75) is 31.7 Å². The van der Waals surface area contributed by atoms with Crippen LogP contribution in [0.5, 0.6) is 0 Å². The minimum atomic E-state index is 0.499. The first-order valence-corrected chi connectivity index (χ1v) is 4.97. The fourth-order valence-electron chi connectivity index (χ4n) is 2.27. The highest BCUT2D eigenvalue weighted by Gasteiger charge is 2.28. The van der Waals surface area contributed by atoms with Crippen molar-refractivity contribution in [3.63, 3.8) is 0 Å². The Morgan fingerprint density at radius 3 is 2.77 bits per heavy atom. The summed E-state index contributed by atoms with van der Waals surface area (Å²) in [4.78, 5) is 1.85. The number of aromatic nitrogens is 3. The Hall–Kier alpha value is -0.900. The normalized spacial score (nSPS) is 28.1. The SMILES string of the molecule is NCCC1CCCC1n1nccn1. The first-order valence-electron chi connectivity index (χ1n) is 4.97. The summed E-state index contributed by atoms with van der Waals surface area (Å²) in [5, 5.41) is 8.39. The van der Waals surface area contributed by atoms with E-state index < -0.39 is 0 Å². The molecule has 4 nitrogen and oxygen atoms in total. The molecule has 2 rings (SSSR count). The second kappa shape index (κ2) is 3.87. The molecule has 13 heavy (non-hydrogen) atoms. The minimum absolute atomic E-state index is 0.499. The predicted molar refractivity (Wildman–Crippen MR) is 50.1 cm³/mol. The van der Waals surface area contributed by atoms with Gasteiger partial charge in [-0.3, -0.25) is 0 Å². The van der Waals surface area contributed by atoms with E-state index in [1.807, 2.05) is 4.80 Å². The molecule has 2 atom stereocenters. The standard InChI is InChI=1S/C9H16N4/c10-5-4-8-2-1-3-9(8)13-11-6-7-12-13/h6-9H,1-5,10H2. The van der Waals surface area contributed by atoms with Crippen LogP contribution in [0.25, 0.3) is 0 Å². The summed E-state index contributed by atoms with van der Waals surface area (Å²) >= 11 is 0. The molecule has 0 radical (unpaired) electrons. The van der Waals surface area contributed by atoms with Crippen molar-refractivity contribution in [1.82, 2.24) is 15.0 Å².